The Bertz CT molecular complexity index is 2150. The van der Waals surface area contributed by atoms with Crippen molar-refractivity contribution in [2.75, 3.05) is 7.05 Å². The molecule has 5 aromatic carbocycles. The van der Waals surface area contributed by atoms with Crippen LogP contribution in [0.5, 0.6) is 11.5 Å². The molecule has 2 amide bonds. The van der Waals surface area contributed by atoms with Crippen LogP contribution >= 0.6 is 0 Å². The van der Waals surface area contributed by atoms with Gasteiger partial charge in [0.15, 0.2) is 5.81 Å². The molecule has 5 aromatic rings. The van der Waals surface area contributed by atoms with Crippen LogP contribution in [0.3, 0.4) is 0 Å². The van der Waals surface area contributed by atoms with Crippen LogP contribution in [0.1, 0.15) is 67.9 Å². The van der Waals surface area contributed by atoms with Gasteiger partial charge in [-0.3, -0.25) is 14.4 Å². The van der Waals surface area contributed by atoms with Gasteiger partial charge in [0, 0.05) is 19.4 Å². The zero-order valence-corrected chi connectivity index (χ0v) is 34.8. The summed E-state index contributed by atoms with van der Waals surface area (Å²) in [6.07, 6.45) is 2.55. The highest BCUT2D eigenvalue weighted by Gasteiger charge is 2.34. The molecule has 59 heavy (non-hydrogen) atoms. The first-order valence-electron chi connectivity index (χ1n) is 20.4. The van der Waals surface area contributed by atoms with Gasteiger partial charge in [-0.25, -0.2) is 4.79 Å². The molecule has 0 unspecified atom stereocenters. The summed E-state index contributed by atoms with van der Waals surface area (Å²) < 4.78 is 18.7. The van der Waals surface area contributed by atoms with E-state index in [1.165, 1.54) is 12.7 Å². The molecule has 10 heteroatoms. The van der Waals surface area contributed by atoms with Crippen molar-refractivity contribution in [1.29, 1.82) is 0 Å². The Hall–Kier alpha value is -6.16. The highest BCUT2D eigenvalue weighted by Crippen LogP contribution is 2.33. The van der Waals surface area contributed by atoms with Crippen LogP contribution in [0.25, 0.3) is 11.1 Å². The minimum atomic E-state index is -1.06. The largest absolute Gasteiger partial charge is 0.489 e. The number of likely N-dealkylation sites (N-methyl/N-ethyl adjacent to an activating group) is 1. The van der Waals surface area contributed by atoms with Crippen LogP contribution in [0.15, 0.2) is 127 Å². The van der Waals surface area contributed by atoms with E-state index in [0.29, 0.717) is 36.5 Å². The van der Waals surface area contributed by atoms with Gasteiger partial charge in [0.2, 0.25) is 13.8 Å². The average molecular weight is 795 g/mol. The minimum absolute atomic E-state index is 0.0285. The predicted molar refractivity (Wildman–Crippen MR) is 234 cm³/mol. The van der Waals surface area contributed by atoms with E-state index < -0.39 is 18.1 Å². The third kappa shape index (κ3) is 13.2. The number of hydrogen-bond donors (Lipinski definition) is 1. The van der Waals surface area contributed by atoms with Crippen molar-refractivity contribution in [3.05, 3.63) is 155 Å². The van der Waals surface area contributed by atoms with Crippen molar-refractivity contribution < 1.29 is 33.4 Å². The van der Waals surface area contributed by atoms with Crippen molar-refractivity contribution in [2.45, 2.75) is 84.8 Å². The second-order valence-corrected chi connectivity index (χ2v) is 15.1. The Balaban J connectivity index is 1.54. The zero-order valence-electron chi connectivity index (χ0n) is 34.8. The first-order valence-corrected chi connectivity index (χ1v) is 20.4. The third-order valence-electron chi connectivity index (χ3n) is 10.4. The lowest BCUT2D eigenvalue weighted by Gasteiger charge is -2.31. The number of carbonyl (C=O) groups excluding carboxylic acids is 4. The number of unbranched alkanes of at least 4 members (excludes halogenated alkanes) is 1. The number of ether oxygens (including phenoxy) is 3. The summed E-state index contributed by atoms with van der Waals surface area (Å²) in [4.78, 5) is 54.4. The molecule has 0 bridgehead atoms. The third-order valence-corrected chi connectivity index (χ3v) is 10.4. The zero-order chi connectivity index (χ0) is 42.1. The number of ketones is 1. The lowest BCUT2D eigenvalue weighted by Crippen LogP contribution is -2.53. The maximum absolute atomic E-state index is 14.2. The molecule has 0 aliphatic heterocycles. The Kier molecular flexibility index (Phi) is 16.5. The molecular formula is C49H55BN2O7. The smallest absolute Gasteiger partial charge is 0.329 e. The fraction of sp³-hybridized carbons (Fsp3) is 0.306. The second-order valence-electron chi connectivity index (χ2n) is 15.1. The minimum Gasteiger partial charge on any atom is -0.489 e. The number of benzene rings is 5. The first-order chi connectivity index (χ1) is 28.5. The molecular weight excluding hydrogens is 739 g/mol. The van der Waals surface area contributed by atoms with Crippen LogP contribution in [0, 0.1) is 5.92 Å². The van der Waals surface area contributed by atoms with Crippen molar-refractivity contribution in [3.63, 3.8) is 0 Å². The summed E-state index contributed by atoms with van der Waals surface area (Å²) in [7, 11) is 2.97. The van der Waals surface area contributed by atoms with Gasteiger partial charge in [-0.05, 0) is 83.0 Å². The number of Topliss-reactive ketones (excluding diaryl/α,β-unsaturated/α-hetero) is 1. The Morgan fingerprint density at radius 2 is 1.15 bits per heavy atom. The van der Waals surface area contributed by atoms with E-state index in [4.69, 9.17) is 14.2 Å². The van der Waals surface area contributed by atoms with Crippen molar-refractivity contribution in [3.8, 4) is 22.6 Å². The number of nitrogens with one attached hydrogen (secondary N) is 1. The average Bonchev–Trinajstić information content (AvgIpc) is 3.25. The lowest BCUT2D eigenvalue weighted by atomic mass is 9.93. The SMILES string of the molecule is BC(=O)N[C@@H](CCCC)C(=O)N(C)[C@@H](Cc1cc(-c2ccc(OCc3ccccc3)c(C[C@H](C)C(C)=O)c2)ccc1OCc1ccccc1)C(=O)OCc1ccccc1. The number of nitrogens with zero attached hydrogens (tertiary/aromatic N) is 1. The van der Waals surface area contributed by atoms with Crippen LogP contribution in [-0.2, 0) is 51.8 Å². The molecule has 0 spiro atoms. The number of esters is 1. The van der Waals surface area contributed by atoms with E-state index in [0.717, 1.165) is 46.2 Å². The van der Waals surface area contributed by atoms with E-state index in [9.17, 15) is 19.2 Å². The Morgan fingerprint density at radius 1 is 0.678 bits per heavy atom. The molecule has 0 aliphatic rings. The molecule has 1 N–H and O–H groups in total. The summed E-state index contributed by atoms with van der Waals surface area (Å²) in [6, 6.07) is 39.1. The highest BCUT2D eigenvalue weighted by molar-refractivity contribution is 6.57. The van der Waals surface area contributed by atoms with Gasteiger partial charge < -0.3 is 24.4 Å². The molecule has 0 fully saturated rings. The van der Waals surface area contributed by atoms with Gasteiger partial charge in [-0.2, -0.15) is 0 Å². The monoisotopic (exact) mass is 794 g/mol. The van der Waals surface area contributed by atoms with Gasteiger partial charge in [0.1, 0.15) is 49.2 Å². The molecule has 0 saturated heterocycles. The summed E-state index contributed by atoms with van der Waals surface area (Å²) in [5.41, 5.74) is 6.14. The van der Waals surface area contributed by atoms with E-state index in [1.807, 2.05) is 135 Å². The molecule has 306 valence electrons. The molecule has 0 aliphatic carbocycles. The summed E-state index contributed by atoms with van der Waals surface area (Å²) >= 11 is 0. The fourth-order valence-corrected chi connectivity index (χ4v) is 6.78. The number of carbonyl (C=O) groups is 4. The normalized spacial score (nSPS) is 12.4. The summed E-state index contributed by atoms with van der Waals surface area (Å²) in [5.74, 6) is -0.165. The van der Waals surface area contributed by atoms with Crippen LogP contribution in [-0.4, -0.2) is 55.3 Å². The molecule has 0 radical (unpaired) electrons. The van der Waals surface area contributed by atoms with Crippen molar-refractivity contribution in [1.82, 2.24) is 10.2 Å². The van der Waals surface area contributed by atoms with Gasteiger partial charge >= 0.3 is 5.97 Å². The quantitative estimate of drug-likeness (QED) is 0.0588. The standard InChI is InChI=1S/C49H55BN2O7/c1-5-6-22-43(51-49(50)56)47(54)52(4)44(48(55)59-33-38-20-14-9-15-21-38)30-42-29-40(24-26-46(42)58-32-37-18-12-8-13-19-37)39-23-25-45(41(28-39)27-34(2)35(3)53)57-31-36-16-10-7-11-17-36/h7-21,23-26,28-29,34,43-44H,5-6,22,27,30-33,50H2,1-4H3,(H,51,56)/t34-,43-,44-/m0/s1. The van der Waals surface area contributed by atoms with E-state index >= 15 is 0 Å². The summed E-state index contributed by atoms with van der Waals surface area (Å²) in [6.45, 7) is 6.23. The molecule has 3 atom stereocenters. The maximum Gasteiger partial charge on any atom is 0.329 e. The van der Waals surface area contributed by atoms with Crippen molar-refractivity contribution >= 4 is 31.3 Å². The van der Waals surface area contributed by atoms with E-state index in [-0.39, 0.29) is 43.0 Å². The molecule has 0 aromatic heterocycles. The maximum atomic E-state index is 14.2. The van der Waals surface area contributed by atoms with Gasteiger partial charge in [0.25, 0.3) is 0 Å². The number of rotatable bonds is 21. The number of amides is 2. The first kappa shape index (κ1) is 44.0. The number of hydrogen-bond acceptors (Lipinski definition) is 7. The van der Waals surface area contributed by atoms with Crippen LogP contribution < -0.4 is 14.8 Å². The van der Waals surface area contributed by atoms with Crippen LogP contribution in [0.4, 0.5) is 4.79 Å². The highest BCUT2D eigenvalue weighted by atomic mass is 16.5. The molecule has 0 saturated carbocycles. The Morgan fingerprint density at radius 3 is 1.61 bits per heavy atom. The van der Waals surface area contributed by atoms with Gasteiger partial charge in [-0.1, -0.05) is 130 Å². The van der Waals surface area contributed by atoms with Crippen LogP contribution in [0.2, 0.25) is 0 Å². The fourth-order valence-electron chi connectivity index (χ4n) is 6.78. The van der Waals surface area contributed by atoms with Gasteiger partial charge in [-0.15, -0.1) is 0 Å². The molecule has 0 heterocycles. The second kappa shape index (κ2) is 22.1. The topological polar surface area (TPSA) is 111 Å². The predicted octanol–water partition coefficient (Wildman–Crippen LogP) is 8.29. The lowest BCUT2D eigenvalue weighted by molar-refractivity contribution is -0.155. The molecule has 5 rings (SSSR count). The molecule has 9 nitrogen and oxygen atoms in total. The van der Waals surface area contributed by atoms with Gasteiger partial charge in [0.05, 0.1) is 0 Å². The van der Waals surface area contributed by atoms with Crippen molar-refractivity contribution in [2.24, 2.45) is 5.92 Å². The Labute approximate surface area is 349 Å². The summed E-state index contributed by atoms with van der Waals surface area (Å²) in [5, 5.41) is 2.80. The van der Waals surface area contributed by atoms with E-state index in [2.05, 4.69) is 11.4 Å². The van der Waals surface area contributed by atoms with E-state index in [1.54, 1.807) is 14.0 Å².